The van der Waals surface area contributed by atoms with Crippen molar-refractivity contribution >= 4 is 17.7 Å². The van der Waals surface area contributed by atoms with Crippen LogP contribution in [-0.2, 0) is 0 Å². The Bertz CT molecular complexity index is 463. The summed E-state index contributed by atoms with van der Waals surface area (Å²) in [6.07, 6.45) is 5.61. The van der Waals surface area contributed by atoms with Gasteiger partial charge in [0.2, 0.25) is 0 Å². The van der Waals surface area contributed by atoms with Crippen LogP contribution >= 0.6 is 0 Å². The summed E-state index contributed by atoms with van der Waals surface area (Å²) in [6, 6.07) is 2.72. The predicted octanol–water partition coefficient (Wildman–Crippen LogP) is 2.87. The number of aromatic carboxylic acids is 1. The Labute approximate surface area is 118 Å². The number of carboxylic acids is 1. The van der Waals surface area contributed by atoms with Gasteiger partial charge in [0.1, 0.15) is 0 Å². The van der Waals surface area contributed by atoms with E-state index in [2.05, 4.69) is 22.5 Å². The molecular formula is C14H21N3O3. The molecule has 2 amide bonds. The second-order valence-corrected chi connectivity index (χ2v) is 4.70. The molecule has 0 aromatic carbocycles. The molecule has 1 rings (SSSR count). The van der Waals surface area contributed by atoms with E-state index in [1.54, 1.807) is 6.07 Å². The lowest BCUT2D eigenvalue weighted by Gasteiger charge is -2.15. The molecule has 0 saturated carbocycles. The van der Waals surface area contributed by atoms with Gasteiger partial charge >= 0.3 is 12.0 Å². The van der Waals surface area contributed by atoms with Crippen LogP contribution in [0.15, 0.2) is 18.3 Å². The van der Waals surface area contributed by atoms with E-state index in [-0.39, 0.29) is 17.4 Å². The number of amides is 2. The first kappa shape index (κ1) is 15.9. The zero-order valence-electron chi connectivity index (χ0n) is 11.8. The highest BCUT2D eigenvalue weighted by molar-refractivity contribution is 5.98. The lowest BCUT2D eigenvalue weighted by molar-refractivity contribution is 0.0692. The largest absolute Gasteiger partial charge is 0.476 e. The number of hydrogen-bond donors (Lipinski definition) is 3. The van der Waals surface area contributed by atoms with Crippen molar-refractivity contribution in [3.63, 3.8) is 0 Å². The molecule has 1 unspecified atom stereocenters. The molecule has 0 saturated heterocycles. The molecule has 6 heteroatoms. The Morgan fingerprint density at radius 1 is 1.40 bits per heavy atom. The van der Waals surface area contributed by atoms with Crippen molar-refractivity contribution in [2.75, 3.05) is 5.32 Å². The fourth-order valence-corrected chi connectivity index (χ4v) is 1.83. The number of unbranched alkanes of at least 4 members (excludes halogenated alkanes) is 2. The fraction of sp³-hybridized carbons (Fsp3) is 0.500. The molecule has 20 heavy (non-hydrogen) atoms. The third-order valence-electron chi connectivity index (χ3n) is 2.88. The van der Waals surface area contributed by atoms with Crippen LogP contribution in [-0.4, -0.2) is 28.1 Å². The van der Waals surface area contributed by atoms with Crippen LogP contribution < -0.4 is 10.6 Å². The van der Waals surface area contributed by atoms with Gasteiger partial charge in [-0.15, -0.1) is 0 Å². The third-order valence-corrected chi connectivity index (χ3v) is 2.88. The number of carboxylic acid groups (broad SMARTS) is 1. The number of nitrogens with zero attached hydrogens (tertiary/aromatic N) is 1. The highest BCUT2D eigenvalue weighted by Gasteiger charge is 2.14. The Kier molecular flexibility index (Phi) is 6.49. The summed E-state index contributed by atoms with van der Waals surface area (Å²) in [5, 5.41) is 14.3. The summed E-state index contributed by atoms with van der Waals surface area (Å²) in [6.45, 7) is 4.05. The van der Waals surface area contributed by atoms with Crippen LogP contribution in [0.25, 0.3) is 0 Å². The van der Waals surface area contributed by atoms with Crippen molar-refractivity contribution < 1.29 is 14.7 Å². The lowest BCUT2D eigenvalue weighted by Crippen LogP contribution is -2.36. The summed E-state index contributed by atoms with van der Waals surface area (Å²) < 4.78 is 0. The number of urea groups is 1. The first-order chi connectivity index (χ1) is 9.54. The number of carbonyl (C=O) groups is 2. The maximum absolute atomic E-state index is 11.8. The summed E-state index contributed by atoms with van der Waals surface area (Å²) in [5.74, 6) is -1.17. The highest BCUT2D eigenvalue weighted by Crippen LogP contribution is 2.12. The average molecular weight is 279 g/mol. The number of hydrogen-bond acceptors (Lipinski definition) is 3. The summed E-state index contributed by atoms with van der Waals surface area (Å²) in [7, 11) is 0. The van der Waals surface area contributed by atoms with Crippen molar-refractivity contribution in [1.82, 2.24) is 10.3 Å². The predicted molar refractivity (Wildman–Crippen MR) is 77.0 cm³/mol. The molecule has 110 valence electrons. The molecule has 0 aliphatic heterocycles. The normalized spacial score (nSPS) is 11.7. The Morgan fingerprint density at radius 3 is 2.80 bits per heavy atom. The zero-order valence-corrected chi connectivity index (χ0v) is 11.8. The zero-order chi connectivity index (χ0) is 15.0. The molecule has 6 nitrogen and oxygen atoms in total. The number of anilines is 1. The van der Waals surface area contributed by atoms with E-state index in [1.807, 2.05) is 6.92 Å². The van der Waals surface area contributed by atoms with E-state index < -0.39 is 12.0 Å². The molecule has 0 radical (unpaired) electrons. The summed E-state index contributed by atoms with van der Waals surface area (Å²) >= 11 is 0. The molecule has 1 aromatic heterocycles. The standard InChI is InChI=1S/C14H21N3O3/c1-3-4-5-7-10(2)16-14(20)17-11-8-6-9-15-12(11)13(18)19/h6,8-10H,3-5,7H2,1-2H3,(H,18,19)(H2,16,17,20). The minimum absolute atomic E-state index is 0.0477. The third kappa shape index (κ3) is 5.26. The minimum Gasteiger partial charge on any atom is -0.476 e. The van der Waals surface area contributed by atoms with Gasteiger partial charge in [-0.3, -0.25) is 0 Å². The van der Waals surface area contributed by atoms with Crippen LogP contribution in [0.3, 0.4) is 0 Å². The Morgan fingerprint density at radius 2 is 2.15 bits per heavy atom. The first-order valence-electron chi connectivity index (χ1n) is 6.80. The van der Waals surface area contributed by atoms with Crippen molar-refractivity contribution in [3.05, 3.63) is 24.0 Å². The van der Waals surface area contributed by atoms with E-state index >= 15 is 0 Å². The quantitative estimate of drug-likeness (QED) is 0.669. The summed E-state index contributed by atoms with van der Waals surface area (Å²) in [5.41, 5.74) is 0.0274. The second kappa shape index (κ2) is 8.14. The maximum Gasteiger partial charge on any atom is 0.356 e. The smallest absolute Gasteiger partial charge is 0.356 e. The van der Waals surface area contributed by atoms with Crippen LogP contribution in [0.1, 0.15) is 50.0 Å². The van der Waals surface area contributed by atoms with Gasteiger partial charge in [-0.05, 0) is 25.5 Å². The average Bonchev–Trinajstić information content (AvgIpc) is 2.39. The first-order valence-corrected chi connectivity index (χ1v) is 6.80. The number of carbonyl (C=O) groups excluding carboxylic acids is 1. The molecule has 1 aromatic rings. The van der Waals surface area contributed by atoms with E-state index in [0.717, 1.165) is 25.7 Å². The van der Waals surface area contributed by atoms with Gasteiger partial charge in [-0.1, -0.05) is 26.2 Å². The highest BCUT2D eigenvalue weighted by atomic mass is 16.4. The van der Waals surface area contributed by atoms with Gasteiger partial charge in [0.05, 0.1) is 5.69 Å². The van der Waals surface area contributed by atoms with E-state index in [4.69, 9.17) is 5.11 Å². The molecule has 0 bridgehead atoms. The van der Waals surface area contributed by atoms with Crippen molar-refractivity contribution in [1.29, 1.82) is 0 Å². The molecule has 1 atom stereocenters. The molecule has 0 fully saturated rings. The van der Waals surface area contributed by atoms with Gasteiger partial charge < -0.3 is 15.7 Å². The second-order valence-electron chi connectivity index (χ2n) is 4.70. The van der Waals surface area contributed by atoms with Gasteiger partial charge in [0, 0.05) is 12.2 Å². The molecule has 0 spiro atoms. The molecule has 1 heterocycles. The van der Waals surface area contributed by atoms with Crippen LogP contribution in [0, 0.1) is 0 Å². The Hall–Kier alpha value is -2.11. The van der Waals surface area contributed by atoms with Crippen molar-refractivity contribution in [2.24, 2.45) is 0 Å². The van der Waals surface area contributed by atoms with Crippen molar-refractivity contribution in [2.45, 2.75) is 45.6 Å². The van der Waals surface area contributed by atoms with Crippen molar-refractivity contribution in [3.8, 4) is 0 Å². The SMILES string of the molecule is CCCCCC(C)NC(=O)Nc1cccnc1C(=O)O. The van der Waals surface area contributed by atoms with Gasteiger partial charge in [-0.2, -0.15) is 0 Å². The number of nitrogens with one attached hydrogen (secondary N) is 2. The van der Waals surface area contributed by atoms with Gasteiger partial charge in [0.15, 0.2) is 5.69 Å². The number of aromatic nitrogens is 1. The van der Waals surface area contributed by atoms with Gasteiger partial charge in [-0.25, -0.2) is 14.6 Å². The Balaban J connectivity index is 2.52. The monoisotopic (exact) mass is 279 g/mol. The van der Waals surface area contributed by atoms with Crippen LogP contribution in [0.2, 0.25) is 0 Å². The van der Waals surface area contributed by atoms with Crippen LogP contribution in [0.4, 0.5) is 10.5 Å². The van der Waals surface area contributed by atoms with Crippen LogP contribution in [0.5, 0.6) is 0 Å². The van der Waals surface area contributed by atoms with E-state index in [1.165, 1.54) is 12.3 Å². The van der Waals surface area contributed by atoms with E-state index in [9.17, 15) is 9.59 Å². The minimum atomic E-state index is -1.17. The number of rotatable bonds is 7. The van der Waals surface area contributed by atoms with E-state index in [0.29, 0.717) is 0 Å². The molecular weight excluding hydrogens is 258 g/mol. The maximum atomic E-state index is 11.8. The summed E-state index contributed by atoms with van der Waals surface area (Å²) in [4.78, 5) is 26.5. The van der Waals surface area contributed by atoms with Gasteiger partial charge in [0.25, 0.3) is 0 Å². The topological polar surface area (TPSA) is 91.3 Å². The fourth-order valence-electron chi connectivity index (χ4n) is 1.83. The molecule has 0 aliphatic rings. The molecule has 3 N–H and O–H groups in total. The molecule has 0 aliphatic carbocycles. The number of pyridine rings is 1. The lowest BCUT2D eigenvalue weighted by atomic mass is 10.1.